The molecule has 1 aliphatic heterocycles. The largest absolute Gasteiger partial charge is 0.491 e. The van der Waals surface area contributed by atoms with E-state index in [1.54, 1.807) is 0 Å². The number of hydrogen-bond donors (Lipinski definition) is 2. The van der Waals surface area contributed by atoms with Crippen LogP contribution >= 0.6 is 24.0 Å². The summed E-state index contributed by atoms with van der Waals surface area (Å²) in [6.07, 6.45) is 2.41. The maximum absolute atomic E-state index is 5.97. The minimum atomic E-state index is 0. The van der Waals surface area contributed by atoms with Gasteiger partial charge >= 0.3 is 0 Å². The second kappa shape index (κ2) is 13.2. The Morgan fingerprint density at radius 1 is 1.11 bits per heavy atom. The van der Waals surface area contributed by atoms with Crippen molar-refractivity contribution in [2.75, 3.05) is 51.1 Å². The number of likely N-dealkylation sites (N-methyl/N-ethyl adjacent to an activating group) is 1. The summed E-state index contributed by atoms with van der Waals surface area (Å²) in [5.41, 5.74) is 6.90. The molecule has 3 N–H and O–H groups in total. The number of anilines is 1. The highest BCUT2D eigenvalue weighted by molar-refractivity contribution is 14.0. The summed E-state index contributed by atoms with van der Waals surface area (Å²) >= 11 is 0. The van der Waals surface area contributed by atoms with Crippen LogP contribution in [0.4, 0.5) is 5.69 Å². The maximum Gasteiger partial charge on any atom is 0.193 e. The lowest BCUT2D eigenvalue weighted by molar-refractivity contribution is 0.136. The predicted octanol–water partition coefficient (Wildman–Crippen LogP) is 3.24. The van der Waals surface area contributed by atoms with Gasteiger partial charge in [0.2, 0.25) is 0 Å². The monoisotopic (exact) mass is 489 g/mol. The number of guanidine groups is 1. The Labute approximate surface area is 181 Å². The van der Waals surface area contributed by atoms with Crippen molar-refractivity contribution < 1.29 is 4.74 Å². The summed E-state index contributed by atoms with van der Waals surface area (Å²) in [4.78, 5) is 9.49. The van der Waals surface area contributed by atoms with Crippen LogP contribution in [0.1, 0.15) is 33.6 Å². The van der Waals surface area contributed by atoms with Crippen molar-refractivity contribution in [3.63, 3.8) is 0 Å². The average Bonchev–Trinajstić information content (AvgIpc) is 2.63. The highest BCUT2D eigenvalue weighted by Gasteiger charge is 2.14. The molecule has 0 spiro atoms. The molecule has 27 heavy (non-hydrogen) atoms. The van der Waals surface area contributed by atoms with Crippen LogP contribution in [0.3, 0.4) is 0 Å². The van der Waals surface area contributed by atoms with E-state index in [-0.39, 0.29) is 30.1 Å². The molecule has 0 radical (unpaired) electrons. The van der Waals surface area contributed by atoms with Gasteiger partial charge in [0, 0.05) is 38.4 Å². The number of aliphatic imine (C=N–C) groups is 1. The highest BCUT2D eigenvalue weighted by Crippen LogP contribution is 2.16. The molecule has 154 valence electrons. The van der Waals surface area contributed by atoms with E-state index < -0.39 is 0 Å². The van der Waals surface area contributed by atoms with Gasteiger partial charge in [0.05, 0.1) is 6.10 Å². The van der Waals surface area contributed by atoms with Crippen LogP contribution in [0.25, 0.3) is 0 Å². The van der Waals surface area contributed by atoms with E-state index in [1.807, 2.05) is 38.1 Å². The Kier molecular flexibility index (Phi) is 11.7. The lowest BCUT2D eigenvalue weighted by Crippen LogP contribution is -2.46. The summed E-state index contributed by atoms with van der Waals surface area (Å²) < 4.78 is 5.63. The molecule has 7 heteroatoms. The van der Waals surface area contributed by atoms with Gasteiger partial charge in [-0.2, -0.15) is 0 Å². The van der Waals surface area contributed by atoms with Gasteiger partial charge in [-0.05, 0) is 64.0 Å². The Bertz CT molecular complexity index is 542. The number of rotatable bonds is 9. The first-order chi connectivity index (χ1) is 12.6. The van der Waals surface area contributed by atoms with Crippen molar-refractivity contribution in [3.8, 4) is 5.75 Å². The normalized spacial score (nSPS) is 16.2. The molecule has 0 bridgehead atoms. The zero-order valence-corrected chi connectivity index (χ0v) is 19.3. The Morgan fingerprint density at radius 2 is 1.74 bits per heavy atom. The first-order valence-electron chi connectivity index (χ1n) is 9.85. The Hall–Kier alpha value is -1.06. The summed E-state index contributed by atoms with van der Waals surface area (Å²) in [7, 11) is 0. The van der Waals surface area contributed by atoms with Crippen LogP contribution in [0.15, 0.2) is 29.3 Å². The molecule has 1 aliphatic rings. The minimum Gasteiger partial charge on any atom is -0.491 e. The molecule has 0 unspecified atom stereocenters. The third-order valence-electron chi connectivity index (χ3n) is 4.58. The van der Waals surface area contributed by atoms with Crippen molar-refractivity contribution in [1.82, 2.24) is 9.80 Å². The Morgan fingerprint density at radius 3 is 2.33 bits per heavy atom. The third-order valence-corrected chi connectivity index (χ3v) is 4.58. The smallest absolute Gasteiger partial charge is 0.193 e. The van der Waals surface area contributed by atoms with Gasteiger partial charge in [0.25, 0.3) is 0 Å². The molecule has 0 aromatic heterocycles. The van der Waals surface area contributed by atoms with Gasteiger partial charge in [0.15, 0.2) is 5.96 Å². The molecule has 1 heterocycles. The van der Waals surface area contributed by atoms with Crippen molar-refractivity contribution >= 4 is 35.6 Å². The second-order valence-corrected chi connectivity index (χ2v) is 7.07. The number of halogens is 1. The molecule has 1 aromatic rings. The molecular weight excluding hydrogens is 453 g/mol. The molecule has 0 aliphatic carbocycles. The molecule has 6 nitrogen and oxygen atoms in total. The first kappa shape index (κ1) is 24.0. The zero-order chi connectivity index (χ0) is 18.8. The average molecular weight is 489 g/mol. The van der Waals surface area contributed by atoms with E-state index in [9.17, 15) is 0 Å². The van der Waals surface area contributed by atoms with Gasteiger partial charge in [0.1, 0.15) is 5.75 Å². The van der Waals surface area contributed by atoms with Gasteiger partial charge in [-0.1, -0.05) is 6.92 Å². The van der Waals surface area contributed by atoms with E-state index in [2.05, 4.69) is 27.0 Å². The first-order valence-corrected chi connectivity index (χ1v) is 9.85. The van der Waals surface area contributed by atoms with Gasteiger partial charge in [-0.15, -0.1) is 24.0 Å². The van der Waals surface area contributed by atoms with Crippen LogP contribution in [0.5, 0.6) is 5.75 Å². The quantitative estimate of drug-likeness (QED) is 0.241. The van der Waals surface area contributed by atoms with Crippen LogP contribution in [0.2, 0.25) is 0 Å². The lowest BCUT2D eigenvalue weighted by atomic mass is 10.2. The van der Waals surface area contributed by atoms with E-state index in [0.29, 0.717) is 5.96 Å². The molecule has 2 rings (SSSR count). The Balaban J connectivity index is 0.00000364. The van der Waals surface area contributed by atoms with Gasteiger partial charge in [-0.3, -0.25) is 4.99 Å². The molecule has 1 saturated heterocycles. The molecular formula is C20H36IN5O. The fraction of sp³-hybridized carbons (Fsp3) is 0.650. The van der Waals surface area contributed by atoms with Gasteiger partial charge in [-0.25, -0.2) is 0 Å². The second-order valence-electron chi connectivity index (χ2n) is 7.07. The SMILES string of the molecule is CCN1CCN(CCCCN=C(N)Nc2ccc(OC(C)C)cc2)CC1.I. The topological polar surface area (TPSA) is 66.1 Å². The number of ether oxygens (including phenoxy) is 1. The fourth-order valence-electron chi connectivity index (χ4n) is 3.05. The van der Waals surface area contributed by atoms with E-state index in [1.165, 1.54) is 39.1 Å². The van der Waals surface area contributed by atoms with E-state index in [0.717, 1.165) is 30.9 Å². The lowest BCUT2D eigenvalue weighted by Gasteiger charge is -2.33. The van der Waals surface area contributed by atoms with Crippen molar-refractivity contribution in [2.45, 2.75) is 39.7 Å². The summed E-state index contributed by atoms with van der Waals surface area (Å²) in [6.45, 7) is 14.2. The fourth-order valence-corrected chi connectivity index (χ4v) is 3.05. The van der Waals surface area contributed by atoms with Crippen LogP contribution in [-0.2, 0) is 0 Å². The van der Waals surface area contributed by atoms with Gasteiger partial charge < -0.3 is 25.6 Å². The van der Waals surface area contributed by atoms with Crippen molar-refractivity contribution in [2.24, 2.45) is 10.7 Å². The van der Waals surface area contributed by atoms with Crippen molar-refractivity contribution in [3.05, 3.63) is 24.3 Å². The minimum absolute atomic E-state index is 0. The molecule has 1 fully saturated rings. The van der Waals surface area contributed by atoms with Crippen LogP contribution in [-0.4, -0.2) is 67.7 Å². The maximum atomic E-state index is 5.97. The molecule has 0 atom stereocenters. The zero-order valence-electron chi connectivity index (χ0n) is 17.0. The number of unbranched alkanes of at least 4 members (excludes halogenated alkanes) is 1. The predicted molar refractivity (Wildman–Crippen MR) is 126 cm³/mol. The van der Waals surface area contributed by atoms with E-state index in [4.69, 9.17) is 10.5 Å². The number of nitrogens with two attached hydrogens (primary N) is 1. The summed E-state index contributed by atoms with van der Waals surface area (Å²) in [5.74, 6) is 1.33. The number of hydrogen-bond acceptors (Lipinski definition) is 4. The standard InChI is InChI=1S/C20H35N5O.HI/c1-4-24-13-15-25(16-14-24)12-6-5-11-22-20(21)23-18-7-9-19(10-8-18)26-17(2)3;/h7-10,17H,4-6,11-16H2,1-3H3,(H3,21,22,23);1H. The summed E-state index contributed by atoms with van der Waals surface area (Å²) in [6, 6.07) is 7.79. The number of piperazine rings is 1. The molecule has 0 amide bonds. The van der Waals surface area contributed by atoms with Crippen molar-refractivity contribution in [1.29, 1.82) is 0 Å². The molecule has 1 aromatic carbocycles. The van der Waals surface area contributed by atoms with Crippen LogP contribution in [0, 0.1) is 0 Å². The van der Waals surface area contributed by atoms with E-state index >= 15 is 0 Å². The molecule has 0 saturated carbocycles. The highest BCUT2D eigenvalue weighted by atomic mass is 127. The number of nitrogens with zero attached hydrogens (tertiary/aromatic N) is 3. The summed E-state index contributed by atoms with van der Waals surface area (Å²) in [5, 5.41) is 3.13. The van der Waals surface area contributed by atoms with Crippen LogP contribution < -0.4 is 15.8 Å². The number of benzene rings is 1. The number of nitrogens with one attached hydrogen (secondary N) is 1. The third kappa shape index (κ3) is 9.62.